The van der Waals surface area contributed by atoms with E-state index in [9.17, 15) is 9.59 Å². The summed E-state index contributed by atoms with van der Waals surface area (Å²) < 4.78 is 5.42. The number of anilines is 1. The number of ether oxygens (including phenoxy) is 1. The van der Waals surface area contributed by atoms with Gasteiger partial charge in [0.2, 0.25) is 5.91 Å². The van der Waals surface area contributed by atoms with Gasteiger partial charge in [-0.2, -0.15) is 5.26 Å². The van der Waals surface area contributed by atoms with Crippen LogP contribution in [0.1, 0.15) is 29.7 Å². The Kier molecular flexibility index (Phi) is 4.66. The SMILES string of the molecule is CC(NC(=O)COc1ccc(C#N)cc1)c1ccc2c(c1)CC(=O)N2. The molecule has 2 amide bonds. The predicted octanol–water partition coefficient (Wildman–Crippen LogP) is 2.31. The van der Waals surface area contributed by atoms with Gasteiger partial charge in [-0.25, -0.2) is 0 Å². The Balaban J connectivity index is 1.54. The average Bonchev–Trinajstić information content (AvgIpc) is 2.99. The summed E-state index contributed by atoms with van der Waals surface area (Å²) in [7, 11) is 0. The first-order valence-electron chi connectivity index (χ1n) is 7.90. The lowest BCUT2D eigenvalue weighted by Gasteiger charge is -2.15. The average molecular weight is 335 g/mol. The zero-order valence-electron chi connectivity index (χ0n) is 13.7. The number of hydrogen-bond donors (Lipinski definition) is 2. The van der Waals surface area contributed by atoms with Crippen molar-refractivity contribution in [1.82, 2.24) is 5.32 Å². The van der Waals surface area contributed by atoms with E-state index in [1.165, 1.54) is 0 Å². The Bertz CT molecular complexity index is 853. The molecule has 1 unspecified atom stereocenters. The third kappa shape index (κ3) is 3.96. The van der Waals surface area contributed by atoms with Crippen LogP contribution in [0.2, 0.25) is 0 Å². The van der Waals surface area contributed by atoms with E-state index < -0.39 is 0 Å². The molecule has 1 aliphatic heterocycles. The molecule has 0 aromatic heterocycles. The molecule has 1 atom stereocenters. The summed E-state index contributed by atoms with van der Waals surface area (Å²) in [6, 6.07) is 14.1. The Morgan fingerprint density at radius 2 is 2.08 bits per heavy atom. The first kappa shape index (κ1) is 16.5. The molecular formula is C19H17N3O3. The fraction of sp³-hybridized carbons (Fsp3) is 0.211. The van der Waals surface area contributed by atoms with Crippen molar-refractivity contribution in [3.63, 3.8) is 0 Å². The summed E-state index contributed by atoms with van der Waals surface area (Å²) in [5, 5.41) is 14.4. The molecule has 0 fully saturated rings. The fourth-order valence-electron chi connectivity index (χ4n) is 2.66. The highest BCUT2D eigenvalue weighted by atomic mass is 16.5. The third-order valence-corrected chi connectivity index (χ3v) is 3.99. The van der Waals surface area contributed by atoms with E-state index in [0.717, 1.165) is 16.8 Å². The number of carbonyl (C=O) groups excluding carboxylic acids is 2. The first-order valence-corrected chi connectivity index (χ1v) is 7.90. The zero-order valence-corrected chi connectivity index (χ0v) is 13.7. The molecule has 126 valence electrons. The van der Waals surface area contributed by atoms with Gasteiger partial charge in [-0.3, -0.25) is 9.59 Å². The van der Waals surface area contributed by atoms with E-state index in [4.69, 9.17) is 10.00 Å². The van der Waals surface area contributed by atoms with Crippen LogP contribution in [0, 0.1) is 11.3 Å². The molecule has 2 aromatic rings. The second-order valence-electron chi connectivity index (χ2n) is 5.86. The normalized spacial score (nSPS) is 13.4. The van der Waals surface area contributed by atoms with Crippen LogP contribution in [0.3, 0.4) is 0 Å². The van der Waals surface area contributed by atoms with Crippen LogP contribution in [0.5, 0.6) is 5.75 Å². The molecule has 6 nitrogen and oxygen atoms in total. The number of hydrogen-bond acceptors (Lipinski definition) is 4. The van der Waals surface area contributed by atoms with Gasteiger partial charge in [0, 0.05) is 5.69 Å². The van der Waals surface area contributed by atoms with Gasteiger partial charge in [0.05, 0.1) is 24.1 Å². The second-order valence-corrected chi connectivity index (χ2v) is 5.86. The maximum Gasteiger partial charge on any atom is 0.258 e. The van der Waals surface area contributed by atoms with Crippen LogP contribution in [-0.4, -0.2) is 18.4 Å². The standard InChI is InChI=1S/C19H17N3O3/c1-12(14-4-7-17-15(8-14)9-18(23)22-17)21-19(24)11-25-16-5-2-13(10-20)3-6-16/h2-8,12H,9,11H2,1H3,(H,21,24)(H,22,23). The molecule has 0 saturated heterocycles. The van der Waals surface area contributed by atoms with E-state index >= 15 is 0 Å². The van der Waals surface area contributed by atoms with Crippen LogP contribution in [-0.2, 0) is 16.0 Å². The maximum absolute atomic E-state index is 12.1. The number of fused-ring (bicyclic) bond motifs is 1. The lowest BCUT2D eigenvalue weighted by Crippen LogP contribution is -2.31. The van der Waals surface area contributed by atoms with Gasteiger partial charge in [0.25, 0.3) is 5.91 Å². The van der Waals surface area contributed by atoms with E-state index in [1.807, 2.05) is 31.2 Å². The summed E-state index contributed by atoms with van der Waals surface area (Å²) in [5.74, 6) is 0.273. The molecule has 0 aliphatic carbocycles. The Morgan fingerprint density at radius 1 is 1.32 bits per heavy atom. The predicted molar refractivity (Wildman–Crippen MR) is 92.0 cm³/mol. The molecule has 2 N–H and O–H groups in total. The number of carbonyl (C=O) groups is 2. The highest BCUT2D eigenvalue weighted by molar-refractivity contribution is 5.99. The van der Waals surface area contributed by atoms with Gasteiger partial charge in [-0.05, 0) is 48.4 Å². The summed E-state index contributed by atoms with van der Waals surface area (Å²) >= 11 is 0. The minimum Gasteiger partial charge on any atom is -0.484 e. The summed E-state index contributed by atoms with van der Waals surface area (Å²) in [5.41, 5.74) is 3.24. The van der Waals surface area contributed by atoms with E-state index in [0.29, 0.717) is 17.7 Å². The number of nitrogens with zero attached hydrogens (tertiary/aromatic N) is 1. The minimum absolute atomic E-state index is 0.0142. The van der Waals surface area contributed by atoms with Gasteiger partial charge in [0.15, 0.2) is 6.61 Å². The fourth-order valence-corrected chi connectivity index (χ4v) is 2.66. The van der Waals surface area contributed by atoms with E-state index in [2.05, 4.69) is 10.6 Å². The number of rotatable bonds is 5. The highest BCUT2D eigenvalue weighted by Crippen LogP contribution is 2.26. The molecule has 1 aliphatic rings. The van der Waals surface area contributed by atoms with Crippen LogP contribution in [0.25, 0.3) is 0 Å². The van der Waals surface area contributed by atoms with Crippen molar-refractivity contribution in [2.45, 2.75) is 19.4 Å². The smallest absolute Gasteiger partial charge is 0.258 e. The quantitative estimate of drug-likeness (QED) is 0.877. The molecule has 25 heavy (non-hydrogen) atoms. The molecule has 2 aromatic carbocycles. The van der Waals surface area contributed by atoms with Crippen molar-refractivity contribution < 1.29 is 14.3 Å². The van der Waals surface area contributed by atoms with Gasteiger partial charge < -0.3 is 15.4 Å². The van der Waals surface area contributed by atoms with Gasteiger partial charge in [-0.15, -0.1) is 0 Å². The van der Waals surface area contributed by atoms with Crippen molar-refractivity contribution >= 4 is 17.5 Å². The van der Waals surface area contributed by atoms with Gasteiger partial charge in [-0.1, -0.05) is 12.1 Å². The van der Waals surface area contributed by atoms with Crippen LogP contribution in [0.4, 0.5) is 5.69 Å². The molecular weight excluding hydrogens is 318 g/mol. The Morgan fingerprint density at radius 3 is 2.80 bits per heavy atom. The van der Waals surface area contributed by atoms with Crippen LogP contribution < -0.4 is 15.4 Å². The molecule has 0 spiro atoms. The van der Waals surface area contributed by atoms with Crippen LogP contribution >= 0.6 is 0 Å². The molecule has 3 rings (SSSR count). The molecule has 6 heteroatoms. The first-order chi connectivity index (χ1) is 12.0. The number of nitrogens with one attached hydrogen (secondary N) is 2. The lowest BCUT2D eigenvalue weighted by atomic mass is 10.0. The van der Waals surface area contributed by atoms with Crippen molar-refractivity contribution in [2.24, 2.45) is 0 Å². The number of benzene rings is 2. The molecule has 0 radical (unpaired) electrons. The van der Waals surface area contributed by atoms with Crippen molar-refractivity contribution in [2.75, 3.05) is 11.9 Å². The molecule has 1 heterocycles. The summed E-state index contributed by atoms with van der Waals surface area (Å²) in [6.45, 7) is 1.77. The topological polar surface area (TPSA) is 91.2 Å². The van der Waals surface area contributed by atoms with E-state index in [1.54, 1.807) is 24.3 Å². The van der Waals surface area contributed by atoms with Crippen molar-refractivity contribution in [3.05, 3.63) is 59.2 Å². The van der Waals surface area contributed by atoms with Crippen molar-refractivity contribution in [1.29, 1.82) is 5.26 Å². The monoisotopic (exact) mass is 335 g/mol. The Labute approximate surface area is 145 Å². The summed E-state index contributed by atoms with van der Waals surface area (Å²) in [6.07, 6.45) is 0.367. The van der Waals surface area contributed by atoms with Crippen LogP contribution in [0.15, 0.2) is 42.5 Å². The van der Waals surface area contributed by atoms with E-state index in [-0.39, 0.29) is 24.5 Å². The van der Waals surface area contributed by atoms with Crippen molar-refractivity contribution in [3.8, 4) is 11.8 Å². The maximum atomic E-state index is 12.1. The number of amides is 2. The largest absolute Gasteiger partial charge is 0.484 e. The lowest BCUT2D eigenvalue weighted by molar-refractivity contribution is -0.123. The summed E-state index contributed by atoms with van der Waals surface area (Å²) in [4.78, 5) is 23.5. The third-order valence-electron chi connectivity index (χ3n) is 3.99. The second kappa shape index (κ2) is 7.05. The zero-order chi connectivity index (χ0) is 17.8. The minimum atomic E-state index is -0.244. The van der Waals surface area contributed by atoms with Gasteiger partial charge >= 0.3 is 0 Å². The Hall–Kier alpha value is -3.33. The molecule has 0 saturated carbocycles. The molecule has 0 bridgehead atoms. The highest BCUT2D eigenvalue weighted by Gasteiger charge is 2.19. The van der Waals surface area contributed by atoms with Gasteiger partial charge in [0.1, 0.15) is 5.75 Å². The number of nitriles is 1.